The third-order valence-corrected chi connectivity index (χ3v) is 4.98. The molecule has 22 heavy (non-hydrogen) atoms. The summed E-state index contributed by atoms with van der Waals surface area (Å²) in [5.41, 5.74) is -0.697. The number of carbonyl (C=O) groups is 1. The molecule has 2 aliphatic rings. The highest BCUT2D eigenvalue weighted by Crippen LogP contribution is 2.51. The Hall–Kier alpha value is -1.89. The van der Waals surface area contributed by atoms with Crippen molar-refractivity contribution in [1.29, 1.82) is 0 Å². The van der Waals surface area contributed by atoms with Crippen molar-refractivity contribution in [2.24, 2.45) is 11.3 Å². The summed E-state index contributed by atoms with van der Waals surface area (Å²) >= 11 is 5.80. The quantitative estimate of drug-likeness (QED) is 0.482. The lowest BCUT2D eigenvalue weighted by Gasteiger charge is -2.25. The Morgan fingerprint density at radius 1 is 1.64 bits per heavy atom. The first-order chi connectivity index (χ1) is 10.5. The van der Waals surface area contributed by atoms with Gasteiger partial charge in [-0.3, -0.25) is 14.9 Å². The average molecular weight is 326 g/mol. The molecule has 1 aromatic rings. The van der Waals surface area contributed by atoms with Crippen LogP contribution in [0, 0.1) is 21.4 Å². The van der Waals surface area contributed by atoms with Crippen molar-refractivity contribution in [3.05, 3.63) is 27.4 Å². The number of hydrogen-bond acceptors (Lipinski definition) is 6. The number of methoxy groups -OCH3 is 1. The first kappa shape index (κ1) is 15.0. The van der Waals surface area contributed by atoms with E-state index in [2.05, 4.69) is 4.98 Å². The normalized spacial score (nSPS) is 26.8. The number of hydrogen-bond donors (Lipinski definition) is 0. The molecule has 0 N–H and O–H groups in total. The van der Waals surface area contributed by atoms with E-state index >= 15 is 0 Å². The maximum atomic E-state index is 12.2. The van der Waals surface area contributed by atoms with Crippen LogP contribution in [0.25, 0.3) is 0 Å². The molecule has 1 saturated heterocycles. The highest BCUT2D eigenvalue weighted by molar-refractivity contribution is 6.30. The van der Waals surface area contributed by atoms with Crippen LogP contribution in [0.1, 0.15) is 19.3 Å². The Morgan fingerprint density at radius 2 is 2.41 bits per heavy atom. The summed E-state index contributed by atoms with van der Waals surface area (Å²) in [6.07, 6.45) is 4.04. The number of halogens is 1. The monoisotopic (exact) mass is 325 g/mol. The number of fused-ring (bicyclic) bond motifs is 1. The lowest BCUT2D eigenvalue weighted by molar-refractivity contribution is -0.384. The van der Waals surface area contributed by atoms with Gasteiger partial charge < -0.3 is 9.64 Å². The van der Waals surface area contributed by atoms with Crippen LogP contribution in [0.15, 0.2) is 12.3 Å². The van der Waals surface area contributed by atoms with E-state index in [1.807, 2.05) is 4.90 Å². The van der Waals surface area contributed by atoms with Gasteiger partial charge in [-0.2, -0.15) is 0 Å². The number of ether oxygens (including phenoxy) is 1. The maximum absolute atomic E-state index is 12.2. The predicted octanol–water partition coefficient (Wildman–Crippen LogP) is 2.42. The van der Waals surface area contributed by atoms with Gasteiger partial charge in [-0.05, 0) is 18.8 Å². The van der Waals surface area contributed by atoms with Crippen molar-refractivity contribution in [2.75, 3.05) is 25.1 Å². The van der Waals surface area contributed by atoms with Crippen LogP contribution in [0.2, 0.25) is 5.02 Å². The molecule has 2 atom stereocenters. The molecule has 1 aliphatic carbocycles. The zero-order valence-corrected chi connectivity index (χ0v) is 12.9. The minimum absolute atomic E-state index is 0.132. The lowest BCUT2D eigenvalue weighted by atomic mass is 9.81. The molecule has 118 valence electrons. The highest BCUT2D eigenvalue weighted by atomic mass is 35.5. The fourth-order valence-corrected chi connectivity index (χ4v) is 3.94. The topological polar surface area (TPSA) is 85.6 Å². The van der Waals surface area contributed by atoms with E-state index in [-0.39, 0.29) is 28.4 Å². The molecule has 0 bridgehead atoms. The molecule has 1 saturated carbocycles. The molecule has 0 amide bonds. The van der Waals surface area contributed by atoms with Crippen LogP contribution in [0.5, 0.6) is 0 Å². The van der Waals surface area contributed by atoms with Gasteiger partial charge in [0.05, 0.1) is 22.5 Å². The number of aromatic nitrogens is 1. The van der Waals surface area contributed by atoms with Crippen molar-refractivity contribution in [2.45, 2.75) is 19.3 Å². The Bertz CT molecular complexity index is 639. The van der Waals surface area contributed by atoms with Gasteiger partial charge in [0.15, 0.2) is 0 Å². The zero-order chi connectivity index (χ0) is 15.9. The van der Waals surface area contributed by atoms with E-state index in [0.29, 0.717) is 13.1 Å². The molecule has 8 heteroatoms. The maximum Gasteiger partial charge on any atom is 0.313 e. The van der Waals surface area contributed by atoms with Crippen LogP contribution < -0.4 is 4.90 Å². The summed E-state index contributed by atoms with van der Waals surface area (Å²) in [6.45, 7) is 0.977. The summed E-state index contributed by atoms with van der Waals surface area (Å²) in [6, 6.07) is 1.29. The molecule has 2 heterocycles. The van der Waals surface area contributed by atoms with Crippen molar-refractivity contribution in [3.63, 3.8) is 0 Å². The Balaban J connectivity index is 1.96. The number of carbonyl (C=O) groups excluding carboxylic acids is 1. The van der Waals surface area contributed by atoms with Crippen LogP contribution in [-0.2, 0) is 9.53 Å². The summed E-state index contributed by atoms with van der Waals surface area (Å²) in [5.74, 6) is 0.193. The van der Waals surface area contributed by atoms with Gasteiger partial charge in [-0.1, -0.05) is 18.0 Å². The molecule has 2 fully saturated rings. The van der Waals surface area contributed by atoms with Crippen LogP contribution in [-0.4, -0.2) is 36.1 Å². The number of esters is 1. The first-order valence-electron chi connectivity index (χ1n) is 7.11. The van der Waals surface area contributed by atoms with E-state index in [4.69, 9.17) is 16.3 Å². The number of nitro groups is 1. The second-order valence-corrected chi connectivity index (χ2v) is 6.31. The van der Waals surface area contributed by atoms with Gasteiger partial charge in [0, 0.05) is 25.4 Å². The lowest BCUT2D eigenvalue weighted by Crippen LogP contribution is -2.37. The molecule has 0 aromatic carbocycles. The fourth-order valence-electron chi connectivity index (χ4n) is 3.79. The molecule has 0 spiro atoms. The summed E-state index contributed by atoms with van der Waals surface area (Å²) in [4.78, 5) is 28.9. The van der Waals surface area contributed by atoms with Gasteiger partial charge >= 0.3 is 11.7 Å². The second-order valence-electron chi connectivity index (χ2n) is 5.87. The summed E-state index contributed by atoms with van der Waals surface area (Å²) in [5, 5.41) is 11.5. The smallest absolute Gasteiger partial charge is 0.313 e. The van der Waals surface area contributed by atoms with Crippen molar-refractivity contribution < 1.29 is 14.5 Å². The number of nitrogens with zero attached hydrogens (tertiary/aromatic N) is 3. The fraction of sp³-hybridized carbons (Fsp3) is 0.571. The number of rotatable bonds is 3. The largest absolute Gasteiger partial charge is 0.469 e. The van der Waals surface area contributed by atoms with E-state index < -0.39 is 10.3 Å². The molecule has 1 aromatic heterocycles. The minimum atomic E-state index is -0.566. The van der Waals surface area contributed by atoms with Gasteiger partial charge in [0.25, 0.3) is 0 Å². The van der Waals surface area contributed by atoms with E-state index in [0.717, 1.165) is 19.3 Å². The second kappa shape index (κ2) is 5.39. The highest BCUT2D eigenvalue weighted by Gasteiger charge is 2.56. The molecule has 2 unspecified atom stereocenters. The van der Waals surface area contributed by atoms with E-state index in [1.54, 1.807) is 0 Å². The summed E-state index contributed by atoms with van der Waals surface area (Å²) < 4.78 is 4.98. The molecule has 3 rings (SSSR count). The summed E-state index contributed by atoms with van der Waals surface area (Å²) in [7, 11) is 1.39. The predicted molar refractivity (Wildman–Crippen MR) is 79.9 cm³/mol. The minimum Gasteiger partial charge on any atom is -0.469 e. The third-order valence-electron chi connectivity index (χ3n) is 4.77. The molecule has 1 aliphatic heterocycles. The molecule has 7 nitrogen and oxygen atoms in total. The Labute approximate surface area is 132 Å². The van der Waals surface area contributed by atoms with E-state index in [9.17, 15) is 14.9 Å². The SMILES string of the molecule is COC(=O)C12CCCC1CN(c1ncc(Cl)cc1[N+](=O)[O-])C2. The molecular formula is C14H16ClN3O4. The number of pyridine rings is 1. The van der Waals surface area contributed by atoms with E-state index in [1.165, 1.54) is 19.4 Å². The Morgan fingerprint density at radius 3 is 3.09 bits per heavy atom. The van der Waals surface area contributed by atoms with Gasteiger partial charge in [-0.15, -0.1) is 0 Å². The van der Waals surface area contributed by atoms with Crippen molar-refractivity contribution >= 4 is 29.1 Å². The standard InChI is InChI=1S/C14H16ClN3O4/c1-22-13(19)14-4-2-3-9(14)7-17(8-14)12-11(18(20)21)5-10(15)6-16-12/h5-6,9H,2-4,7-8H2,1H3. The van der Waals surface area contributed by atoms with Crippen molar-refractivity contribution in [1.82, 2.24) is 4.98 Å². The zero-order valence-electron chi connectivity index (χ0n) is 12.1. The van der Waals surface area contributed by atoms with Crippen LogP contribution in [0.3, 0.4) is 0 Å². The Kier molecular flexibility index (Phi) is 3.68. The average Bonchev–Trinajstić information content (AvgIpc) is 3.04. The van der Waals surface area contributed by atoms with Crippen LogP contribution >= 0.6 is 11.6 Å². The molecule has 0 radical (unpaired) electrons. The van der Waals surface area contributed by atoms with Gasteiger partial charge in [0.1, 0.15) is 0 Å². The van der Waals surface area contributed by atoms with Gasteiger partial charge in [-0.25, -0.2) is 4.98 Å². The first-order valence-corrected chi connectivity index (χ1v) is 7.49. The number of anilines is 1. The molecular weight excluding hydrogens is 310 g/mol. The third kappa shape index (κ3) is 2.20. The van der Waals surface area contributed by atoms with Gasteiger partial charge in [0.2, 0.25) is 5.82 Å². The van der Waals surface area contributed by atoms with Crippen LogP contribution in [0.4, 0.5) is 11.5 Å². The van der Waals surface area contributed by atoms with Crippen molar-refractivity contribution in [3.8, 4) is 0 Å².